The summed E-state index contributed by atoms with van der Waals surface area (Å²) in [7, 11) is 3.86. The van der Waals surface area contributed by atoms with E-state index in [-0.39, 0.29) is 18.7 Å². The van der Waals surface area contributed by atoms with Crippen LogP contribution in [-0.4, -0.2) is 61.4 Å². The number of pyridine rings is 1. The number of nitrogens with zero attached hydrogens (tertiary/aromatic N) is 3. The number of hydrogen-bond acceptors (Lipinski definition) is 6. The number of esters is 1. The normalized spacial score (nSPS) is 16.6. The molecular weight excluding hydrogens is 533 g/mol. The molecule has 1 saturated heterocycles. The predicted molar refractivity (Wildman–Crippen MR) is 155 cm³/mol. The van der Waals surface area contributed by atoms with Crippen LogP contribution in [0.1, 0.15) is 48.7 Å². The number of rotatable bonds is 11. The van der Waals surface area contributed by atoms with E-state index >= 15 is 0 Å². The van der Waals surface area contributed by atoms with E-state index in [4.69, 9.17) is 25.8 Å². The SMILES string of the molecule is CC[N+](C)(Cc1ccc(OCc2c(F)cccc2Cl)c(OC)c1)C1CCN(c2ncccc2C(=O)OC(C)C)C1. The number of likely N-dealkylation sites (N-methyl/N-ethyl adjacent to an activating group) is 1. The lowest BCUT2D eigenvalue weighted by Gasteiger charge is -2.39. The molecule has 4 rings (SSSR count). The second-order valence-corrected chi connectivity index (χ2v) is 11.1. The zero-order valence-electron chi connectivity index (χ0n) is 23.8. The van der Waals surface area contributed by atoms with Crippen LogP contribution >= 0.6 is 11.6 Å². The Morgan fingerprint density at radius 2 is 2.00 bits per heavy atom. The molecule has 2 unspecified atom stereocenters. The van der Waals surface area contributed by atoms with Crippen LogP contribution in [0.15, 0.2) is 54.7 Å². The second kappa shape index (κ2) is 12.9. The van der Waals surface area contributed by atoms with Crippen molar-refractivity contribution < 1.29 is 27.9 Å². The first-order valence-electron chi connectivity index (χ1n) is 13.6. The van der Waals surface area contributed by atoms with Crippen molar-refractivity contribution in [3.05, 3.63) is 82.3 Å². The standard InChI is InChI=1S/C31H38ClFN3O4/c1-6-36(4,23-14-16-35(18-23)30-24(9-8-15-34-30)31(37)40-21(2)3)19-22-12-13-28(29(17-22)38-5)39-20-25-26(32)10-7-11-27(25)33/h7-13,15,17,21,23H,6,14,16,18-20H2,1-5H3/q+1. The molecule has 0 aliphatic carbocycles. The van der Waals surface area contributed by atoms with Crippen LogP contribution in [0.5, 0.6) is 11.5 Å². The lowest BCUT2D eigenvalue weighted by atomic mass is 10.1. The van der Waals surface area contributed by atoms with Crippen LogP contribution in [0.4, 0.5) is 10.2 Å². The zero-order valence-corrected chi connectivity index (χ0v) is 24.6. The molecular formula is C31H38ClFN3O4+. The summed E-state index contributed by atoms with van der Waals surface area (Å²) in [6, 6.07) is 14.3. The maximum Gasteiger partial charge on any atom is 0.342 e. The molecule has 0 radical (unpaired) electrons. The number of methoxy groups -OCH3 is 1. The molecule has 0 bridgehead atoms. The zero-order chi connectivity index (χ0) is 28.9. The van der Waals surface area contributed by atoms with Gasteiger partial charge >= 0.3 is 5.97 Å². The van der Waals surface area contributed by atoms with E-state index in [0.29, 0.717) is 39.5 Å². The molecule has 2 aromatic carbocycles. The average molecular weight is 571 g/mol. The van der Waals surface area contributed by atoms with Crippen LogP contribution in [-0.2, 0) is 17.9 Å². The van der Waals surface area contributed by atoms with Crippen LogP contribution < -0.4 is 14.4 Å². The molecule has 0 N–H and O–H groups in total. The van der Waals surface area contributed by atoms with Gasteiger partial charge in [0, 0.05) is 30.3 Å². The Kier molecular flexibility index (Phi) is 9.53. The van der Waals surface area contributed by atoms with Crippen LogP contribution in [0.2, 0.25) is 5.02 Å². The van der Waals surface area contributed by atoms with Crippen LogP contribution in [0.3, 0.4) is 0 Å². The Hall–Kier alpha value is -3.36. The van der Waals surface area contributed by atoms with E-state index in [1.165, 1.54) is 6.07 Å². The van der Waals surface area contributed by atoms with Gasteiger partial charge in [-0.25, -0.2) is 14.2 Å². The number of anilines is 1. The Morgan fingerprint density at radius 1 is 1.20 bits per heavy atom. The lowest BCUT2D eigenvalue weighted by molar-refractivity contribution is -0.942. The van der Waals surface area contributed by atoms with E-state index < -0.39 is 5.82 Å². The molecule has 2 heterocycles. The van der Waals surface area contributed by atoms with Gasteiger partial charge in [-0.15, -0.1) is 0 Å². The minimum absolute atomic E-state index is 0.00206. The van der Waals surface area contributed by atoms with Gasteiger partial charge in [-0.2, -0.15) is 0 Å². The summed E-state index contributed by atoms with van der Waals surface area (Å²) in [6.07, 6.45) is 2.50. The molecule has 9 heteroatoms. The highest BCUT2D eigenvalue weighted by molar-refractivity contribution is 6.31. The third-order valence-corrected chi connectivity index (χ3v) is 7.98. The van der Waals surface area contributed by atoms with Crippen molar-refractivity contribution in [1.29, 1.82) is 0 Å². The fourth-order valence-corrected chi connectivity index (χ4v) is 5.41. The van der Waals surface area contributed by atoms with Crippen LogP contribution in [0.25, 0.3) is 0 Å². The summed E-state index contributed by atoms with van der Waals surface area (Å²) >= 11 is 6.16. The predicted octanol–water partition coefficient (Wildman–Crippen LogP) is 6.27. The molecule has 7 nitrogen and oxygen atoms in total. The highest BCUT2D eigenvalue weighted by Gasteiger charge is 2.39. The molecule has 0 spiro atoms. The molecule has 1 fully saturated rings. The number of benzene rings is 2. The largest absolute Gasteiger partial charge is 0.493 e. The number of aromatic nitrogens is 1. The molecule has 2 atom stereocenters. The Bertz CT molecular complexity index is 1320. The highest BCUT2D eigenvalue weighted by Crippen LogP contribution is 2.33. The number of hydrogen-bond donors (Lipinski definition) is 0. The molecule has 3 aromatic rings. The molecule has 1 aromatic heterocycles. The van der Waals surface area contributed by atoms with Crippen molar-refractivity contribution in [1.82, 2.24) is 4.98 Å². The monoisotopic (exact) mass is 570 g/mol. The topological polar surface area (TPSA) is 60.9 Å². The molecule has 1 aliphatic rings. The number of ether oxygens (including phenoxy) is 3. The fraction of sp³-hybridized carbons (Fsp3) is 0.419. The van der Waals surface area contributed by atoms with Gasteiger partial charge in [0.15, 0.2) is 11.5 Å². The van der Waals surface area contributed by atoms with Crippen molar-refractivity contribution in [3.8, 4) is 11.5 Å². The first-order valence-corrected chi connectivity index (χ1v) is 14.0. The van der Waals surface area contributed by atoms with Crippen molar-refractivity contribution >= 4 is 23.4 Å². The summed E-state index contributed by atoms with van der Waals surface area (Å²) in [5.41, 5.74) is 1.92. The van der Waals surface area contributed by atoms with Gasteiger partial charge in [-0.1, -0.05) is 17.7 Å². The summed E-state index contributed by atoms with van der Waals surface area (Å²) < 4.78 is 32.0. The van der Waals surface area contributed by atoms with Gasteiger partial charge in [0.05, 0.1) is 38.4 Å². The van der Waals surface area contributed by atoms with Crippen molar-refractivity contribution in [3.63, 3.8) is 0 Å². The summed E-state index contributed by atoms with van der Waals surface area (Å²) in [5.74, 6) is 1.04. The van der Waals surface area contributed by atoms with Gasteiger partial charge < -0.3 is 23.6 Å². The Balaban J connectivity index is 1.47. The van der Waals surface area contributed by atoms with E-state index in [9.17, 15) is 9.18 Å². The second-order valence-electron chi connectivity index (χ2n) is 10.6. The Labute approximate surface area is 241 Å². The van der Waals surface area contributed by atoms with Gasteiger partial charge in [0.1, 0.15) is 36.4 Å². The highest BCUT2D eigenvalue weighted by atomic mass is 35.5. The van der Waals surface area contributed by atoms with Crippen molar-refractivity contribution in [2.45, 2.75) is 52.5 Å². The molecule has 1 aliphatic heterocycles. The minimum Gasteiger partial charge on any atom is -0.493 e. The summed E-state index contributed by atoms with van der Waals surface area (Å²) in [6.45, 7) is 9.19. The van der Waals surface area contributed by atoms with Gasteiger partial charge in [0.2, 0.25) is 0 Å². The van der Waals surface area contributed by atoms with Gasteiger partial charge in [0.25, 0.3) is 0 Å². The Morgan fingerprint density at radius 3 is 2.70 bits per heavy atom. The third-order valence-electron chi connectivity index (χ3n) is 7.62. The maximum absolute atomic E-state index is 14.2. The quantitative estimate of drug-likeness (QED) is 0.200. The number of carbonyl (C=O) groups is 1. The molecule has 0 amide bonds. The average Bonchev–Trinajstić information content (AvgIpc) is 3.44. The first-order chi connectivity index (χ1) is 19.1. The minimum atomic E-state index is -0.403. The van der Waals surface area contributed by atoms with Crippen molar-refractivity contribution in [2.75, 3.05) is 38.7 Å². The number of halogens is 2. The van der Waals surface area contributed by atoms with E-state index in [1.54, 1.807) is 37.6 Å². The van der Waals surface area contributed by atoms with E-state index in [2.05, 4.69) is 23.9 Å². The lowest BCUT2D eigenvalue weighted by Crippen LogP contribution is -2.52. The van der Waals surface area contributed by atoms with E-state index in [1.807, 2.05) is 32.0 Å². The fourth-order valence-electron chi connectivity index (χ4n) is 5.19. The van der Waals surface area contributed by atoms with E-state index in [0.717, 1.165) is 42.6 Å². The molecule has 40 heavy (non-hydrogen) atoms. The van der Waals surface area contributed by atoms with Crippen LogP contribution in [0, 0.1) is 5.82 Å². The number of carbonyl (C=O) groups excluding carboxylic acids is 1. The summed E-state index contributed by atoms with van der Waals surface area (Å²) in [4.78, 5) is 19.5. The van der Waals surface area contributed by atoms with Gasteiger partial charge in [-0.05, 0) is 63.2 Å². The third kappa shape index (κ3) is 6.67. The maximum atomic E-state index is 14.2. The van der Waals surface area contributed by atoms with Gasteiger partial charge in [-0.3, -0.25) is 0 Å². The summed E-state index contributed by atoms with van der Waals surface area (Å²) in [5, 5.41) is 0.326. The number of quaternary nitrogens is 1. The molecule has 214 valence electrons. The van der Waals surface area contributed by atoms with Crippen molar-refractivity contribution in [2.24, 2.45) is 0 Å². The smallest absolute Gasteiger partial charge is 0.342 e. The molecule has 0 saturated carbocycles. The first kappa shape index (κ1) is 29.6.